The summed E-state index contributed by atoms with van der Waals surface area (Å²) in [6, 6.07) is 12.5. The molecule has 3 heterocycles. The van der Waals surface area contributed by atoms with E-state index in [-0.39, 0.29) is 0 Å². The third-order valence-electron chi connectivity index (χ3n) is 5.46. The van der Waals surface area contributed by atoms with Gasteiger partial charge in [0.05, 0.1) is 16.6 Å². The molecule has 0 bridgehead atoms. The van der Waals surface area contributed by atoms with Crippen LogP contribution in [0.1, 0.15) is 38.8 Å². The van der Waals surface area contributed by atoms with Gasteiger partial charge in [-0.2, -0.15) is 0 Å². The number of hydrogen-bond acceptors (Lipinski definition) is 4. The number of benzene rings is 2. The van der Waals surface area contributed by atoms with Gasteiger partial charge in [-0.1, -0.05) is 51.4 Å². The Hall–Kier alpha value is -2.67. The maximum absolute atomic E-state index is 6.34. The predicted octanol–water partition coefficient (Wildman–Crippen LogP) is 7.57. The van der Waals surface area contributed by atoms with Crippen molar-refractivity contribution in [2.75, 3.05) is 14.1 Å². The summed E-state index contributed by atoms with van der Waals surface area (Å²) in [5, 5.41) is 4.94. The van der Waals surface area contributed by atoms with Crippen LogP contribution in [-0.2, 0) is 13.0 Å². The van der Waals surface area contributed by atoms with Crippen LogP contribution in [0.5, 0.6) is 0 Å². The first kappa shape index (κ1) is 24.5. The Morgan fingerprint density at radius 1 is 1.09 bits per heavy atom. The van der Waals surface area contributed by atoms with Gasteiger partial charge in [0.15, 0.2) is 11.0 Å². The zero-order valence-electron chi connectivity index (χ0n) is 20.7. The van der Waals surface area contributed by atoms with E-state index in [0.717, 1.165) is 51.2 Å². The number of halogens is 1. The molecule has 0 unspecified atom stereocenters. The molecule has 1 N–H and O–H groups in total. The van der Waals surface area contributed by atoms with Gasteiger partial charge < -0.3 is 9.88 Å². The molecule has 0 aliphatic carbocycles. The third kappa shape index (κ3) is 5.04. The van der Waals surface area contributed by atoms with Crippen molar-refractivity contribution in [1.82, 2.24) is 24.4 Å². The van der Waals surface area contributed by atoms with Crippen LogP contribution in [0, 0.1) is 5.92 Å². The highest BCUT2D eigenvalue weighted by Gasteiger charge is 2.16. The molecule has 178 valence electrons. The zero-order valence-corrected chi connectivity index (χ0v) is 22.3. The molecular weight excluding hydrogens is 462 g/mol. The minimum Gasteiger partial charge on any atom is -0.337 e. The number of nitrogens with zero attached hydrogens (tertiary/aromatic N) is 4. The quantitative estimate of drug-likeness (QED) is 0.265. The van der Waals surface area contributed by atoms with Gasteiger partial charge in [0, 0.05) is 28.5 Å². The molecule has 5 rings (SSSR count). The van der Waals surface area contributed by atoms with Crippen molar-refractivity contribution in [2.24, 2.45) is 5.92 Å². The SMILES string of the molecule is CC.CC(C)Cc1cn(-c2nc(-c3nc4ccc(CN(C)C)cc4[nH]3)cs2)c2cc(Cl)ccc12. The molecule has 34 heavy (non-hydrogen) atoms. The molecule has 0 saturated carbocycles. The maximum atomic E-state index is 6.34. The van der Waals surface area contributed by atoms with E-state index >= 15 is 0 Å². The molecule has 5 aromatic rings. The minimum absolute atomic E-state index is 0.574. The molecule has 3 aromatic heterocycles. The summed E-state index contributed by atoms with van der Waals surface area (Å²) in [5.41, 5.74) is 6.50. The van der Waals surface area contributed by atoms with E-state index in [9.17, 15) is 0 Å². The summed E-state index contributed by atoms with van der Waals surface area (Å²) in [5.74, 6) is 1.37. The first-order valence-electron chi connectivity index (χ1n) is 11.8. The average molecular weight is 494 g/mol. The Bertz CT molecular complexity index is 1410. The van der Waals surface area contributed by atoms with E-state index in [1.165, 1.54) is 16.5 Å². The lowest BCUT2D eigenvalue weighted by atomic mass is 10.0. The van der Waals surface area contributed by atoms with Crippen LogP contribution in [0.15, 0.2) is 48.0 Å². The molecule has 0 spiro atoms. The van der Waals surface area contributed by atoms with Crippen molar-refractivity contribution in [3.63, 3.8) is 0 Å². The number of hydrogen-bond donors (Lipinski definition) is 1. The van der Waals surface area contributed by atoms with Gasteiger partial charge >= 0.3 is 0 Å². The molecule has 0 saturated heterocycles. The number of aromatic nitrogens is 4. The van der Waals surface area contributed by atoms with Gasteiger partial charge in [0.25, 0.3) is 0 Å². The van der Waals surface area contributed by atoms with Crippen LogP contribution >= 0.6 is 22.9 Å². The predicted molar refractivity (Wildman–Crippen MR) is 146 cm³/mol. The first-order valence-corrected chi connectivity index (χ1v) is 13.0. The van der Waals surface area contributed by atoms with Crippen LogP contribution in [0.2, 0.25) is 5.02 Å². The second kappa shape index (κ2) is 10.3. The lowest BCUT2D eigenvalue weighted by Gasteiger charge is -2.08. The smallest absolute Gasteiger partial charge is 0.194 e. The van der Waals surface area contributed by atoms with Crippen LogP contribution in [0.4, 0.5) is 0 Å². The minimum atomic E-state index is 0.574. The number of H-pyrrole nitrogens is 1. The number of fused-ring (bicyclic) bond motifs is 2. The summed E-state index contributed by atoms with van der Waals surface area (Å²) in [6.45, 7) is 9.38. The third-order valence-corrected chi connectivity index (χ3v) is 6.54. The van der Waals surface area contributed by atoms with E-state index in [2.05, 4.69) is 78.2 Å². The lowest BCUT2D eigenvalue weighted by Crippen LogP contribution is -2.10. The monoisotopic (exact) mass is 493 g/mol. The number of thiazole rings is 1. The number of nitrogens with one attached hydrogen (secondary N) is 1. The highest BCUT2D eigenvalue weighted by Crippen LogP contribution is 2.32. The van der Waals surface area contributed by atoms with E-state index < -0.39 is 0 Å². The van der Waals surface area contributed by atoms with Crippen molar-refractivity contribution in [2.45, 2.75) is 40.7 Å². The Balaban J connectivity index is 0.00000133. The molecule has 0 radical (unpaired) electrons. The van der Waals surface area contributed by atoms with E-state index in [1.54, 1.807) is 11.3 Å². The lowest BCUT2D eigenvalue weighted by molar-refractivity contribution is 0.402. The van der Waals surface area contributed by atoms with Gasteiger partial charge in [0.1, 0.15) is 5.69 Å². The number of aromatic amines is 1. The van der Waals surface area contributed by atoms with Gasteiger partial charge in [-0.3, -0.25) is 4.57 Å². The Morgan fingerprint density at radius 3 is 2.62 bits per heavy atom. The summed E-state index contributed by atoms with van der Waals surface area (Å²) < 4.78 is 2.16. The molecule has 2 aromatic carbocycles. The average Bonchev–Trinajstić information content (AvgIpc) is 3.51. The van der Waals surface area contributed by atoms with E-state index in [0.29, 0.717) is 5.92 Å². The van der Waals surface area contributed by atoms with Crippen molar-refractivity contribution < 1.29 is 0 Å². The molecule has 0 aliphatic rings. The van der Waals surface area contributed by atoms with Crippen LogP contribution in [0.3, 0.4) is 0 Å². The Kier molecular flexibility index (Phi) is 7.41. The fourth-order valence-electron chi connectivity index (χ4n) is 4.16. The van der Waals surface area contributed by atoms with E-state index in [1.807, 2.05) is 26.0 Å². The summed E-state index contributed by atoms with van der Waals surface area (Å²) in [4.78, 5) is 15.3. The molecular formula is C27H32ClN5S. The summed E-state index contributed by atoms with van der Waals surface area (Å²) >= 11 is 7.95. The molecule has 0 aliphatic heterocycles. The van der Waals surface area contributed by atoms with Crippen molar-refractivity contribution in [3.8, 4) is 16.6 Å². The topological polar surface area (TPSA) is 49.7 Å². The standard InChI is InChI=1S/C25H26ClN5S.C2H6/c1-15(2)9-17-13-31(23-11-18(26)6-7-19(17)23)25-29-22(14-32-25)24-27-20-8-5-16(12-30(3)4)10-21(20)28-24;1-2/h5-8,10-11,13-15H,9,12H2,1-4H3,(H,27,28);1-2H3. The van der Waals surface area contributed by atoms with E-state index in [4.69, 9.17) is 21.6 Å². The van der Waals surface area contributed by atoms with Crippen LogP contribution in [-0.4, -0.2) is 38.5 Å². The highest BCUT2D eigenvalue weighted by molar-refractivity contribution is 7.12. The van der Waals surface area contributed by atoms with Crippen molar-refractivity contribution in [3.05, 3.63) is 64.1 Å². The van der Waals surface area contributed by atoms with Crippen molar-refractivity contribution >= 4 is 44.9 Å². The molecule has 0 fully saturated rings. The highest BCUT2D eigenvalue weighted by atomic mass is 35.5. The summed E-state index contributed by atoms with van der Waals surface area (Å²) in [6.07, 6.45) is 3.22. The first-order chi connectivity index (χ1) is 16.4. The van der Waals surface area contributed by atoms with Crippen LogP contribution < -0.4 is 0 Å². The second-order valence-corrected chi connectivity index (χ2v) is 10.2. The van der Waals surface area contributed by atoms with Crippen molar-refractivity contribution in [1.29, 1.82) is 0 Å². The molecule has 5 nitrogen and oxygen atoms in total. The molecule has 7 heteroatoms. The maximum Gasteiger partial charge on any atom is 0.194 e. The normalized spacial score (nSPS) is 11.6. The number of imidazole rings is 1. The molecule has 0 amide bonds. The zero-order chi connectivity index (χ0) is 24.4. The van der Waals surface area contributed by atoms with Crippen LogP contribution in [0.25, 0.3) is 38.6 Å². The fraction of sp³-hybridized carbons (Fsp3) is 0.333. The Morgan fingerprint density at radius 2 is 1.88 bits per heavy atom. The fourth-order valence-corrected chi connectivity index (χ4v) is 5.12. The van der Waals surface area contributed by atoms with Gasteiger partial charge in [-0.05, 0) is 61.8 Å². The largest absolute Gasteiger partial charge is 0.337 e. The van der Waals surface area contributed by atoms with Gasteiger partial charge in [0.2, 0.25) is 0 Å². The second-order valence-electron chi connectivity index (χ2n) is 8.97. The Labute approximate surface area is 210 Å². The van der Waals surface area contributed by atoms with Gasteiger partial charge in [-0.15, -0.1) is 11.3 Å². The number of rotatable bonds is 6. The molecule has 0 atom stereocenters. The van der Waals surface area contributed by atoms with Gasteiger partial charge in [-0.25, -0.2) is 9.97 Å². The summed E-state index contributed by atoms with van der Waals surface area (Å²) in [7, 11) is 4.15.